The minimum Gasteiger partial charge on any atom is -0.375 e. The normalized spacial score (nSPS) is 24.7. The molecule has 2 aliphatic rings. The van der Waals surface area contributed by atoms with E-state index in [1.165, 1.54) is 19.3 Å². The van der Waals surface area contributed by atoms with E-state index >= 15 is 0 Å². The number of rotatable bonds is 2. The largest absolute Gasteiger partial charge is 0.375 e. The zero-order valence-corrected chi connectivity index (χ0v) is 10.1. The number of likely N-dealkylation sites (tertiary alicyclic amines) is 1. The molecule has 2 heterocycles. The number of hydrogen-bond donors (Lipinski definition) is 1. The summed E-state index contributed by atoms with van der Waals surface area (Å²) in [4.78, 5) is 13.6. The van der Waals surface area contributed by atoms with Crippen molar-refractivity contribution >= 4 is 5.91 Å². The summed E-state index contributed by atoms with van der Waals surface area (Å²) in [7, 11) is 1.81. The molecule has 1 spiro atoms. The van der Waals surface area contributed by atoms with Crippen LogP contribution in [0, 0.1) is 0 Å². The fraction of sp³-hybridized carbons (Fsp3) is 0.917. The lowest BCUT2D eigenvalue weighted by Crippen LogP contribution is -2.50. The molecule has 1 N–H and O–H groups in total. The Balaban J connectivity index is 1.83. The van der Waals surface area contributed by atoms with E-state index in [0.717, 1.165) is 32.5 Å². The molecular weight excluding hydrogens is 204 g/mol. The molecule has 1 amide bonds. The van der Waals surface area contributed by atoms with Crippen molar-refractivity contribution in [2.75, 3.05) is 33.3 Å². The number of likely N-dealkylation sites (N-methyl/N-ethyl adjacent to an activating group) is 1. The average molecular weight is 226 g/mol. The van der Waals surface area contributed by atoms with Crippen LogP contribution >= 0.6 is 0 Å². The molecule has 2 saturated heterocycles. The summed E-state index contributed by atoms with van der Waals surface area (Å²) in [6, 6.07) is 0. The predicted molar refractivity (Wildman–Crippen MR) is 62.3 cm³/mol. The summed E-state index contributed by atoms with van der Waals surface area (Å²) < 4.78 is 5.94. The summed E-state index contributed by atoms with van der Waals surface area (Å²) in [6.45, 7) is 3.08. The minimum absolute atomic E-state index is 0.106. The van der Waals surface area contributed by atoms with Crippen LogP contribution in [0.1, 0.15) is 32.1 Å². The molecule has 4 heteroatoms. The molecular formula is C12H22N2O2. The van der Waals surface area contributed by atoms with Gasteiger partial charge in [0.1, 0.15) is 0 Å². The smallest absolute Gasteiger partial charge is 0.236 e. The van der Waals surface area contributed by atoms with Gasteiger partial charge < -0.3 is 15.0 Å². The highest BCUT2D eigenvalue weighted by Crippen LogP contribution is 2.34. The molecule has 2 aliphatic heterocycles. The van der Waals surface area contributed by atoms with Crippen LogP contribution in [0.25, 0.3) is 0 Å². The standard InChI is InChI=1S/C12H22N2O2/c1-13-10-11(15)14-7-5-12(6-8-14)4-2-3-9-16-12/h13H,2-10H2,1H3. The lowest BCUT2D eigenvalue weighted by molar-refractivity contribution is -0.141. The highest BCUT2D eigenvalue weighted by Gasteiger charge is 2.37. The summed E-state index contributed by atoms with van der Waals surface area (Å²) in [5, 5.41) is 2.91. The molecule has 2 fully saturated rings. The molecule has 0 bridgehead atoms. The van der Waals surface area contributed by atoms with Gasteiger partial charge in [-0.25, -0.2) is 0 Å². The van der Waals surface area contributed by atoms with Gasteiger partial charge in [-0.2, -0.15) is 0 Å². The molecule has 92 valence electrons. The number of carbonyl (C=O) groups excluding carboxylic acids is 1. The van der Waals surface area contributed by atoms with Crippen LogP contribution in [0.4, 0.5) is 0 Å². The number of carbonyl (C=O) groups is 1. The summed E-state index contributed by atoms with van der Waals surface area (Å²) >= 11 is 0. The van der Waals surface area contributed by atoms with Gasteiger partial charge in [0.2, 0.25) is 5.91 Å². The van der Waals surface area contributed by atoms with Crippen LogP contribution in [0.15, 0.2) is 0 Å². The van der Waals surface area contributed by atoms with Gasteiger partial charge in [0, 0.05) is 19.7 Å². The molecule has 0 saturated carbocycles. The first kappa shape index (κ1) is 11.9. The van der Waals surface area contributed by atoms with Gasteiger partial charge in [-0.15, -0.1) is 0 Å². The molecule has 0 radical (unpaired) electrons. The minimum atomic E-state index is 0.106. The van der Waals surface area contributed by atoms with Gasteiger partial charge in [0.05, 0.1) is 12.1 Å². The van der Waals surface area contributed by atoms with Crippen molar-refractivity contribution < 1.29 is 9.53 Å². The van der Waals surface area contributed by atoms with E-state index in [0.29, 0.717) is 6.54 Å². The first-order chi connectivity index (χ1) is 7.76. The Labute approximate surface area is 97.3 Å². The lowest BCUT2D eigenvalue weighted by Gasteiger charge is -2.44. The third-order valence-corrected chi connectivity index (χ3v) is 3.79. The Morgan fingerprint density at radius 3 is 2.62 bits per heavy atom. The van der Waals surface area contributed by atoms with Crippen LogP contribution in [-0.2, 0) is 9.53 Å². The van der Waals surface area contributed by atoms with Crippen molar-refractivity contribution in [1.82, 2.24) is 10.2 Å². The Morgan fingerprint density at radius 2 is 2.06 bits per heavy atom. The highest BCUT2D eigenvalue weighted by molar-refractivity contribution is 5.78. The van der Waals surface area contributed by atoms with E-state index in [2.05, 4.69) is 5.32 Å². The topological polar surface area (TPSA) is 41.6 Å². The third kappa shape index (κ3) is 2.55. The highest BCUT2D eigenvalue weighted by atomic mass is 16.5. The van der Waals surface area contributed by atoms with Crippen molar-refractivity contribution in [3.8, 4) is 0 Å². The van der Waals surface area contributed by atoms with E-state index in [1.54, 1.807) is 0 Å². The maximum atomic E-state index is 11.7. The summed E-state index contributed by atoms with van der Waals surface area (Å²) in [5.41, 5.74) is 0.106. The van der Waals surface area contributed by atoms with Gasteiger partial charge in [0.25, 0.3) is 0 Å². The summed E-state index contributed by atoms with van der Waals surface area (Å²) in [5.74, 6) is 0.216. The van der Waals surface area contributed by atoms with E-state index < -0.39 is 0 Å². The maximum absolute atomic E-state index is 11.7. The second-order valence-corrected chi connectivity index (χ2v) is 4.90. The van der Waals surface area contributed by atoms with Gasteiger partial charge in [-0.3, -0.25) is 4.79 Å². The van der Waals surface area contributed by atoms with E-state index in [4.69, 9.17) is 4.74 Å². The molecule has 0 aromatic heterocycles. The van der Waals surface area contributed by atoms with Crippen molar-refractivity contribution in [1.29, 1.82) is 0 Å². The fourth-order valence-corrected chi connectivity index (χ4v) is 2.73. The molecule has 0 aliphatic carbocycles. The summed E-state index contributed by atoms with van der Waals surface area (Å²) in [6.07, 6.45) is 5.70. The van der Waals surface area contributed by atoms with Crippen molar-refractivity contribution in [2.24, 2.45) is 0 Å². The molecule has 16 heavy (non-hydrogen) atoms. The second-order valence-electron chi connectivity index (χ2n) is 4.90. The number of hydrogen-bond acceptors (Lipinski definition) is 3. The number of nitrogens with one attached hydrogen (secondary N) is 1. The molecule has 0 aromatic rings. The fourth-order valence-electron chi connectivity index (χ4n) is 2.73. The number of piperidine rings is 1. The predicted octanol–water partition coefficient (Wildman–Crippen LogP) is 0.767. The monoisotopic (exact) mass is 226 g/mol. The zero-order valence-electron chi connectivity index (χ0n) is 10.1. The van der Waals surface area contributed by atoms with Crippen LogP contribution in [0.3, 0.4) is 0 Å². The van der Waals surface area contributed by atoms with Crippen LogP contribution in [-0.4, -0.2) is 49.7 Å². The average Bonchev–Trinajstić information content (AvgIpc) is 2.31. The first-order valence-corrected chi connectivity index (χ1v) is 6.32. The van der Waals surface area contributed by atoms with Gasteiger partial charge in [-0.1, -0.05) is 0 Å². The SMILES string of the molecule is CNCC(=O)N1CCC2(CCCCO2)CC1. The molecule has 0 aromatic carbocycles. The first-order valence-electron chi connectivity index (χ1n) is 6.32. The van der Waals surface area contributed by atoms with Crippen LogP contribution in [0.5, 0.6) is 0 Å². The van der Waals surface area contributed by atoms with Gasteiger partial charge in [0.15, 0.2) is 0 Å². The zero-order chi connectivity index (χ0) is 11.4. The van der Waals surface area contributed by atoms with Crippen molar-refractivity contribution in [2.45, 2.75) is 37.7 Å². The van der Waals surface area contributed by atoms with Crippen LogP contribution < -0.4 is 5.32 Å². The lowest BCUT2D eigenvalue weighted by atomic mass is 9.84. The second kappa shape index (κ2) is 5.15. The number of nitrogens with zero attached hydrogens (tertiary/aromatic N) is 1. The Hall–Kier alpha value is -0.610. The quantitative estimate of drug-likeness (QED) is 0.756. The van der Waals surface area contributed by atoms with Gasteiger partial charge in [-0.05, 0) is 39.2 Å². The molecule has 4 nitrogen and oxygen atoms in total. The van der Waals surface area contributed by atoms with Crippen molar-refractivity contribution in [3.05, 3.63) is 0 Å². The molecule has 0 atom stereocenters. The van der Waals surface area contributed by atoms with Crippen LogP contribution in [0.2, 0.25) is 0 Å². The Kier molecular flexibility index (Phi) is 3.82. The third-order valence-electron chi connectivity index (χ3n) is 3.79. The Morgan fingerprint density at radius 1 is 1.31 bits per heavy atom. The Bertz CT molecular complexity index is 239. The molecule has 2 rings (SSSR count). The molecule has 0 unspecified atom stereocenters. The van der Waals surface area contributed by atoms with E-state index in [-0.39, 0.29) is 11.5 Å². The number of amides is 1. The van der Waals surface area contributed by atoms with Crippen molar-refractivity contribution in [3.63, 3.8) is 0 Å². The maximum Gasteiger partial charge on any atom is 0.236 e. The van der Waals surface area contributed by atoms with Gasteiger partial charge >= 0.3 is 0 Å². The van der Waals surface area contributed by atoms with E-state index in [9.17, 15) is 4.79 Å². The number of ether oxygens (including phenoxy) is 1. The van der Waals surface area contributed by atoms with E-state index in [1.807, 2.05) is 11.9 Å².